The lowest BCUT2D eigenvalue weighted by atomic mass is 9.96. The number of nitrogens with one attached hydrogen (secondary N) is 1. The lowest BCUT2D eigenvalue weighted by Crippen LogP contribution is -2.29. The first-order valence-corrected chi connectivity index (χ1v) is 8.39. The number of carbonyl (C=O) groups excluding carboxylic acids is 1. The zero-order valence-electron chi connectivity index (χ0n) is 13.7. The van der Waals surface area contributed by atoms with Crippen molar-refractivity contribution in [3.05, 3.63) is 54.0 Å². The van der Waals surface area contributed by atoms with Gasteiger partial charge in [-0.2, -0.15) is 5.10 Å². The minimum atomic E-state index is 0.0650. The average molecular weight is 320 g/mol. The van der Waals surface area contributed by atoms with E-state index in [0.29, 0.717) is 11.5 Å². The van der Waals surface area contributed by atoms with E-state index in [1.807, 2.05) is 41.2 Å². The molecule has 1 unspecified atom stereocenters. The zero-order chi connectivity index (χ0) is 16.5. The number of aromatic nitrogens is 3. The topological polar surface area (TPSA) is 59.3 Å². The molecule has 3 aromatic rings. The van der Waals surface area contributed by atoms with Crippen molar-refractivity contribution in [2.45, 2.75) is 25.7 Å². The number of nitrogens with zero attached hydrogens (tertiary/aromatic N) is 3. The Hall–Kier alpha value is -2.53. The standard InChI is InChI=1S/C19H20N4O/c1-13(24)14-4-2-5-15(10-14)17-12-22-23-18(7-9-21-19(17)23)16-6-3-8-20-11-16/h2,4-5,7,9-10,12,16,20H,3,6,8,11H2,1H3. The predicted octanol–water partition coefficient (Wildman–Crippen LogP) is 3.07. The van der Waals surface area contributed by atoms with E-state index in [-0.39, 0.29) is 5.78 Å². The summed E-state index contributed by atoms with van der Waals surface area (Å²) < 4.78 is 1.95. The van der Waals surface area contributed by atoms with Crippen LogP contribution in [0.5, 0.6) is 0 Å². The van der Waals surface area contributed by atoms with Crippen molar-refractivity contribution in [2.24, 2.45) is 0 Å². The third kappa shape index (κ3) is 2.61. The van der Waals surface area contributed by atoms with Crippen molar-refractivity contribution in [3.8, 4) is 11.1 Å². The third-order valence-electron chi connectivity index (χ3n) is 4.73. The summed E-state index contributed by atoms with van der Waals surface area (Å²) in [4.78, 5) is 16.2. The van der Waals surface area contributed by atoms with Crippen LogP contribution in [-0.2, 0) is 0 Å². The fraction of sp³-hybridized carbons (Fsp3) is 0.316. The number of carbonyl (C=O) groups is 1. The van der Waals surface area contributed by atoms with Gasteiger partial charge in [0.15, 0.2) is 11.4 Å². The summed E-state index contributed by atoms with van der Waals surface area (Å²) in [5, 5.41) is 8.04. The number of hydrogen-bond acceptors (Lipinski definition) is 4. The second-order valence-electron chi connectivity index (χ2n) is 6.34. The first-order valence-electron chi connectivity index (χ1n) is 8.39. The van der Waals surface area contributed by atoms with Crippen molar-refractivity contribution in [1.29, 1.82) is 0 Å². The maximum atomic E-state index is 11.6. The van der Waals surface area contributed by atoms with Crippen molar-refractivity contribution in [2.75, 3.05) is 13.1 Å². The fourth-order valence-corrected chi connectivity index (χ4v) is 3.43. The van der Waals surface area contributed by atoms with Gasteiger partial charge in [0.2, 0.25) is 0 Å². The Labute approximate surface area is 140 Å². The van der Waals surface area contributed by atoms with Gasteiger partial charge < -0.3 is 5.32 Å². The molecular formula is C19H20N4O. The van der Waals surface area contributed by atoms with Gasteiger partial charge in [0.25, 0.3) is 0 Å². The third-order valence-corrected chi connectivity index (χ3v) is 4.73. The molecule has 1 aliphatic rings. The molecule has 122 valence electrons. The highest BCUT2D eigenvalue weighted by Gasteiger charge is 2.20. The van der Waals surface area contributed by atoms with Gasteiger partial charge in [-0.05, 0) is 44.0 Å². The molecule has 24 heavy (non-hydrogen) atoms. The molecule has 0 bridgehead atoms. The fourth-order valence-electron chi connectivity index (χ4n) is 3.43. The van der Waals surface area contributed by atoms with Crippen LogP contribution in [0.15, 0.2) is 42.7 Å². The van der Waals surface area contributed by atoms with Crippen molar-refractivity contribution in [3.63, 3.8) is 0 Å². The van der Waals surface area contributed by atoms with E-state index in [0.717, 1.165) is 29.9 Å². The zero-order valence-corrected chi connectivity index (χ0v) is 13.7. The van der Waals surface area contributed by atoms with Gasteiger partial charge in [0.1, 0.15) is 0 Å². The van der Waals surface area contributed by atoms with Crippen LogP contribution in [0.2, 0.25) is 0 Å². The molecule has 1 saturated heterocycles. The minimum absolute atomic E-state index is 0.0650. The van der Waals surface area contributed by atoms with Crippen LogP contribution in [0.4, 0.5) is 0 Å². The number of ketones is 1. The molecule has 0 saturated carbocycles. The molecular weight excluding hydrogens is 300 g/mol. The maximum absolute atomic E-state index is 11.6. The molecule has 1 N–H and O–H groups in total. The van der Waals surface area contributed by atoms with Crippen molar-refractivity contribution >= 4 is 11.4 Å². The highest BCUT2D eigenvalue weighted by Crippen LogP contribution is 2.28. The Morgan fingerprint density at radius 3 is 3.04 bits per heavy atom. The van der Waals surface area contributed by atoms with Gasteiger partial charge in [-0.3, -0.25) is 4.79 Å². The van der Waals surface area contributed by atoms with Crippen molar-refractivity contribution in [1.82, 2.24) is 19.9 Å². The number of hydrogen-bond donors (Lipinski definition) is 1. The van der Waals surface area contributed by atoms with Gasteiger partial charge in [0.05, 0.1) is 11.9 Å². The summed E-state index contributed by atoms with van der Waals surface area (Å²) in [6, 6.07) is 9.72. The monoisotopic (exact) mass is 320 g/mol. The van der Waals surface area contributed by atoms with Crippen molar-refractivity contribution < 1.29 is 4.79 Å². The van der Waals surface area contributed by atoms with Crippen LogP contribution in [-0.4, -0.2) is 33.5 Å². The Morgan fingerprint density at radius 2 is 2.25 bits per heavy atom. The normalized spacial score (nSPS) is 18.0. The maximum Gasteiger partial charge on any atom is 0.163 e. The van der Waals surface area contributed by atoms with Crippen LogP contribution in [0.25, 0.3) is 16.8 Å². The molecule has 1 aromatic carbocycles. The van der Waals surface area contributed by atoms with Crippen LogP contribution >= 0.6 is 0 Å². The van der Waals surface area contributed by atoms with Gasteiger partial charge >= 0.3 is 0 Å². The molecule has 1 fully saturated rings. The van der Waals surface area contributed by atoms with E-state index in [1.165, 1.54) is 18.5 Å². The minimum Gasteiger partial charge on any atom is -0.316 e. The highest BCUT2D eigenvalue weighted by atomic mass is 16.1. The summed E-state index contributed by atoms with van der Waals surface area (Å²) in [5.74, 6) is 0.524. The molecule has 3 heterocycles. The second kappa shape index (κ2) is 6.17. The largest absolute Gasteiger partial charge is 0.316 e. The molecule has 1 atom stereocenters. The van der Waals surface area contributed by atoms with Gasteiger partial charge in [0, 0.05) is 29.8 Å². The first-order chi connectivity index (χ1) is 11.7. The van der Waals surface area contributed by atoms with Gasteiger partial charge in [-0.25, -0.2) is 9.50 Å². The average Bonchev–Trinajstić information content (AvgIpc) is 3.06. The van der Waals surface area contributed by atoms with E-state index >= 15 is 0 Å². The molecule has 0 aliphatic carbocycles. The Kier molecular flexibility index (Phi) is 3.86. The molecule has 2 aromatic heterocycles. The summed E-state index contributed by atoms with van der Waals surface area (Å²) in [5.41, 5.74) is 4.69. The second-order valence-corrected chi connectivity index (χ2v) is 6.34. The summed E-state index contributed by atoms with van der Waals surface area (Å²) in [6.45, 7) is 3.66. The van der Waals surface area contributed by atoms with Gasteiger partial charge in [-0.1, -0.05) is 18.2 Å². The van der Waals surface area contributed by atoms with E-state index in [2.05, 4.69) is 21.5 Å². The lowest BCUT2D eigenvalue weighted by molar-refractivity contribution is 0.101. The van der Waals surface area contributed by atoms with Gasteiger partial charge in [-0.15, -0.1) is 0 Å². The summed E-state index contributed by atoms with van der Waals surface area (Å²) >= 11 is 0. The molecule has 0 amide bonds. The SMILES string of the molecule is CC(=O)c1cccc(-c2cnn3c(C4CCCNC4)ccnc23)c1. The summed E-state index contributed by atoms with van der Waals surface area (Å²) in [6.07, 6.45) is 6.06. The van der Waals surface area contributed by atoms with E-state index in [4.69, 9.17) is 0 Å². The number of Topliss-reactive ketones (excluding diaryl/α,β-unsaturated/α-hetero) is 1. The number of benzene rings is 1. The van der Waals surface area contributed by atoms with E-state index in [1.54, 1.807) is 6.92 Å². The summed E-state index contributed by atoms with van der Waals surface area (Å²) in [7, 11) is 0. The van der Waals surface area contributed by atoms with Crippen LogP contribution in [0.3, 0.4) is 0 Å². The van der Waals surface area contributed by atoms with Crippen LogP contribution < -0.4 is 5.32 Å². The van der Waals surface area contributed by atoms with E-state index < -0.39 is 0 Å². The molecule has 5 heteroatoms. The highest BCUT2D eigenvalue weighted by molar-refractivity contribution is 5.95. The first kappa shape index (κ1) is 15.0. The number of fused-ring (bicyclic) bond motifs is 1. The smallest absolute Gasteiger partial charge is 0.163 e. The van der Waals surface area contributed by atoms with Crippen LogP contribution in [0, 0.1) is 0 Å². The molecule has 0 radical (unpaired) electrons. The molecule has 1 aliphatic heterocycles. The Bertz CT molecular complexity index is 893. The van der Waals surface area contributed by atoms with E-state index in [9.17, 15) is 4.79 Å². The Balaban J connectivity index is 1.81. The lowest BCUT2D eigenvalue weighted by Gasteiger charge is -2.23. The molecule has 5 nitrogen and oxygen atoms in total. The Morgan fingerprint density at radius 1 is 1.33 bits per heavy atom. The number of piperidine rings is 1. The number of rotatable bonds is 3. The quantitative estimate of drug-likeness (QED) is 0.754. The predicted molar refractivity (Wildman–Crippen MR) is 93.3 cm³/mol. The molecule has 4 rings (SSSR count). The molecule has 0 spiro atoms. The van der Waals surface area contributed by atoms with Crippen LogP contribution in [0.1, 0.15) is 41.7 Å².